The number of hydrogen-bond donors (Lipinski definition) is 0. The lowest BCUT2D eigenvalue weighted by Gasteiger charge is -2.18. The molecule has 314 valence electrons. The van der Waals surface area contributed by atoms with Crippen LogP contribution in [0.3, 0.4) is 0 Å². The summed E-state index contributed by atoms with van der Waals surface area (Å²) in [5, 5.41) is 0. The van der Waals surface area contributed by atoms with Crippen LogP contribution in [-0.4, -0.2) is 37.2 Å². The van der Waals surface area contributed by atoms with Crippen LogP contribution in [0.1, 0.15) is 253 Å². The predicted octanol–water partition coefficient (Wildman–Crippen LogP) is 14.6. The molecule has 0 aliphatic heterocycles. The van der Waals surface area contributed by atoms with Gasteiger partial charge in [-0.05, 0) is 31.1 Å². The van der Waals surface area contributed by atoms with Gasteiger partial charge < -0.3 is 14.2 Å². The molecule has 0 aromatic rings. The van der Waals surface area contributed by atoms with Gasteiger partial charge in [0.1, 0.15) is 13.2 Å². The molecule has 0 saturated carbocycles. The maximum Gasteiger partial charge on any atom is 0.306 e. The van der Waals surface area contributed by atoms with E-state index in [0.29, 0.717) is 19.3 Å². The van der Waals surface area contributed by atoms with Crippen molar-refractivity contribution in [1.82, 2.24) is 0 Å². The number of hydrogen-bond acceptors (Lipinski definition) is 6. The van der Waals surface area contributed by atoms with Crippen LogP contribution in [0.25, 0.3) is 0 Å². The SMILES string of the molecule is CCCCCCCCCCCCCC(=O)OC[C@H](COC(=O)CCCCCCCCCCCCC(C)CC)OC(=O)CCCCCCCCC(C)CC. The van der Waals surface area contributed by atoms with Gasteiger partial charge in [0.05, 0.1) is 0 Å². The Kier molecular flexibility index (Phi) is 38.9. The Balaban J connectivity index is 4.33. The van der Waals surface area contributed by atoms with Crippen molar-refractivity contribution in [1.29, 1.82) is 0 Å². The van der Waals surface area contributed by atoms with E-state index in [4.69, 9.17) is 14.2 Å². The van der Waals surface area contributed by atoms with Gasteiger partial charge in [0.25, 0.3) is 0 Å². The normalized spacial score (nSPS) is 13.1. The number of carbonyl (C=O) groups is 3. The molecule has 2 unspecified atom stereocenters. The van der Waals surface area contributed by atoms with E-state index in [1.165, 1.54) is 141 Å². The molecule has 0 aliphatic rings. The third-order valence-electron chi connectivity index (χ3n) is 11.2. The fourth-order valence-corrected chi connectivity index (χ4v) is 6.86. The van der Waals surface area contributed by atoms with E-state index in [9.17, 15) is 14.4 Å². The highest BCUT2D eigenvalue weighted by molar-refractivity contribution is 5.71. The molecule has 53 heavy (non-hydrogen) atoms. The minimum Gasteiger partial charge on any atom is -0.462 e. The first-order valence-corrected chi connectivity index (χ1v) is 23.3. The summed E-state index contributed by atoms with van der Waals surface area (Å²) in [7, 11) is 0. The van der Waals surface area contributed by atoms with Crippen molar-refractivity contribution in [3.8, 4) is 0 Å². The van der Waals surface area contributed by atoms with E-state index in [-0.39, 0.29) is 31.1 Å². The summed E-state index contributed by atoms with van der Waals surface area (Å²) in [6.07, 6.45) is 37.9. The summed E-state index contributed by atoms with van der Waals surface area (Å²) in [6, 6.07) is 0. The molecule has 3 atom stereocenters. The molecule has 0 rings (SSSR count). The number of ether oxygens (including phenoxy) is 3. The zero-order valence-corrected chi connectivity index (χ0v) is 36.1. The van der Waals surface area contributed by atoms with Gasteiger partial charge in [0.15, 0.2) is 6.10 Å². The van der Waals surface area contributed by atoms with Gasteiger partial charge in [-0.2, -0.15) is 0 Å². The van der Waals surface area contributed by atoms with Crippen LogP contribution in [0.2, 0.25) is 0 Å². The van der Waals surface area contributed by atoms with E-state index in [2.05, 4.69) is 34.6 Å². The summed E-state index contributed by atoms with van der Waals surface area (Å²) >= 11 is 0. The first-order chi connectivity index (χ1) is 25.8. The lowest BCUT2D eigenvalue weighted by atomic mass is 9.99. The Morgan fingerprint density at radius 2 is 0.660 bits per heavy atom. The average Bonchev–Trinajstić information content (AvgIpc) is 3.15. The summed E-state index contributed by atoms with van der Waals surface area (Å²) in [4.78, 5) is 37.7. The first kappa shape index (κ1) is 51.4. The predicted molar refractivity (Wildman–Crippen MR) is 224 cm³/mol. The van der Waals surface area contributed by atoms with Crippen LogP contribution in [0.4, 0.5) is 0 Å². The molecule has 0 spiro atoms. The molecule has 0 N–H and O–H groups in total. The van der Waals surface area contributed by atoms with Gasteiger partial charge in [-0.15, -0.1) is 0 Å². The molecular formula is C47H90O6. The molecule has 0 heterocycles. The zero-order chi connectivity index (χ0) is 39.0. The van der Waals surface area contributed by atoms with Gasteiger partial charge in [-0.1, -0.05) is 214 Å². The second kappa shape index (κ2) is 40.1. The number of esters is 3. The van der Waals surface area contributed by atoms with E-state index in [1.54, 1.807) is 0 Å². The largest absolute Gasteiger partial charge is 0.462 e. The van der Waals surface area contributed by atoms with E-state index < -0.39 is 6.10 Å². The summed E-state index contributed by atoms with van der Waals surface area (Å²) in [6.45, 7) is 11.3. The molecule has 6 nitrogen and oxygen atoms in total. The van der Waals surface area contributed by atoms with Crippen molar-refractivity contribution in [3.63, 3.8) is 0 Å². The lowest BCUT2D eigenvalue weighted by molar-refractivity contribution is -0.167. The van der Waals surface area contributed by atoms with Crippen molar-refractivity contribution < 1.29 is 28.6 Å². The van der Waals surface area contributed by atoms with E-state index in [1.807, 2.05) is 0 Å². The fourth-order valence-electron chi connectivity index (χ4n) is 6.86. The molecular weight excluding hydrogens is 661 g/mol. The third kappa shape index (κ3) is 38.5. The van der Waals surface area contributed by atoms with Crippen LogP contribution >= 0.6 is 0 Å². The fraction of sp³-hybridized carbons (Fsp3) is 0.936. The van der Waals surface area contributed by atoms with Gasteiger partial charge in [-0.25, -0.2) is 0 Å². The van der Waals surface area contributed by atoms with Crippen molar-refractivity contribution in [2.24, 2.45) is 11.8 Å². The van der Waals surface area contributed by atoms with Crippen LogP contribution in [-0.2, 0) is 28.6 Å². The van der Waals surface area contributed by atoms with Crippen molar-refractivity contribution in [2.75, 3.05) is 13.2 Å². The molecule has 0 fully saturated rings. The quantitative estimate of drug-likeness (QED) is 0.0352. The average molecular weight is 751 g/mol. The molecule has 0 amide bonds. The van der Waals surface area contributed by atoms with Crippen molar-refractivity contribution in [3.05, 3.63) is 0 Å². The number of rotatable bonds is 41. The summed E-state index contributed by atoms with van der Waals surface area (Å²) in [5.74, 6) is 0.820. The topological polar surface area (TPSA) is 78.9 Å². The number of unbranched alkanes of at least 4 members (excludes halogenated alkanes) is 24. The Hall–Kier alpha value is -1.59. The molecule has 0 aliphatic carbocycles. The Labute approximate surface area is 329 Å². The summed E-state index contributed by atoms with van der Waals surface area (Å²) in [5.41, 5.74) is 0. The Bertz CT molecular complexity index is 813. The molecule has 0 aromatic heterocycles. The van der Waals surface area contributed by atoms with Gasteiger partial charge >= 0.3 is 17.9 Å². The maximum absolute atomic E-state index is 12.7. The van der Waals surface area contributed by atoms with E-state index in [0.717, 1.165) is 69.6 Å². The third-order valence-corrected chi connectivity index (χ3v) is 11.2. The minimum atomic E-state index is -0.761. The van der Waals surface area contributed by atoms with Gasteiger partial charge in [0, 0.05) is 19.3 Å². The van der Waals surface area contributed by atoms with E-state index >= 15 is 0 Å². The van der Waals surface area contributed by atoms with Crippen molar-refractivity contribution >= 4 is 17.9 Å². The zero-order valence-electron chi connectivity index (χ0n) is 36.1. The molecule has 0 bridgehead atoms. The Morgan fingerprint density at radius 1 is 0.377 bits per heavy atom. The van der Waals surface area contributed by atoms with Crippen LogP contribution < -0.4 is 0 Å². The monoisotopic (exact) mass is 751 g/mol. The second-order valence-electron chi connectivity index (χ2n) is 16.5. The standard InChI is InChI=1S/C47H90O6/c1-6-9-10-11-12-13-14-18-21-27-32-37-45(48)51-40-44(53-47(50)39-34-29-24-23-26-31-36-43(5)8-3)41-52-46(49)38-33-28-22-19-16-15-17-20-25-30-35-42(4)7-2/h42-44H,6-41H2,1-5H3/t42?,43?,44-/m1/s1. The second-order valence-corrected chi connectivity index (χ2v) is 16.5. The van der Waals surface area contributed by atoms with Crippen LogP contribution in [0.15, 0.2) is 0 Å². The molecule has 0 saturated heterocycles. The van der Waals surface area contributed by atoms with Crippen molar-refractivity contribution in [2.45, 2.75) is 259 Å². The highest BCUT2D eigenvalue weighted by Crippen LogP contribution is 2.17. The van der Waals surface area contributed by atoms with Gasteiger partial charge in [-0.3, -0.25) is 14.4 Å². The first-order valence-electron chi connectivity index (χ1n) is 23.3. The highest BCUT2D eigenvalue weighted by atomic mass is 16.6. The van der Waals surface area contributed by atoms with Crippen LogP contribution in [0, 0.1) is 11.8 Å². The lowest BCUT2D eigenvalue weighted by Crippen LogP contribution is -2.30. The smallest absolute Gasteiger partial charge is 0.306 e. The summed E-state index contributed by atoms with van der Waals surface area (Å²) < 4.78 is 16.7. The number of carbonyl (C=O) groups excluding carboxylic acids is 3. The maximum atomic E-state index is 12.7. The Morgan fingerprint density at radius 3 is 0.981 bits per heavy atom. The minimum absolute atomic E-state index is 0.0655. The molecule has 0 aromatic carbocycles. The highest BCUT2D eigenvalue weighted by Gasteiger charge is 2.19. The molecule has 0 radical (unpaired) electrons. The van der Waals surface area contributed by atoms with Crippen LogP contribution in [0.5, 0.6) is 0 Å². The molecule has 6 heteroatoms. The van der Waals surface area contributed by atoms with Gasteiger partial charge in [0.2, 0.25) is 0 Å².